The molecule has 2 heterocycles. The standard InChI is InChI=1S/C15H20ClN3/c16-14-13-12(9-17-15(13)19-10-18-14)11-7-5-3-1-2-4-6-8-11/h9-11H,1-8H2,(H,17,18,19). The quantitative estimate of drug-likeness (QED) is 0.759. The summed E-state index contributed by atoms with van der Waals surface area (Å²) < 4.78 is 0. The second kappa shape index (κ2) is 5.91. The SMILES string of the molecule is Clc1ncnc2[nH]cc(C3CCCCCCCC3)c12. The van der Waals surface area contributed by atoms with E-state index in [2.05, 4.69) is 21.1 Å². The lowest BCUT2D eigenvalue weighted by atomic mass is 9.90. The van der Waals surface area contributed by atoms with Crippen LogP contribution in [0.2, 0.25) is 5.15 Å². The van der Waals surface area contributed by atoms with Gasteiger partial charge in [0.2, 0.25) is 0 Å². The van der Waals surface area contributed by atoms with Crippen LogP contribution in [0.25, 0.3) is 11.0 Å². The first-order valence-electron chi connectivity index (χ1n) is 7.34. The lowest BCUT2D eigenvalue weighted by molar-refractivity contribution is 0.542. The van der Waals surface area contributed by atoms with E-state index in [0.717, 1.165) is 11.0 Å². The van der Waals surface area contributed by atoms with E-state index in [1.807, 2.05) is 0 Å². The minimum Gasteiger partial charge on any atom is -0.346 e. The maximum atomic E-state index is 6.26. The molecule has 3 rings (SSSR count). The number of H-pyrrole nitrogens is 1. The summed E-state index contributed by atoms with van der Waals surface area (Å²) in [7, 11) is 0. The van der Waals surface area contributed by atoms with Gasteiger partial charge in [0, 0.05) is 6.20 Å². The molecular formula is C15H20ClN3. The Bertz CT molecular complexity index is 539. The van der Waals surface area contributed by atoms with Crippen molar-refractivity contribution in [1.82, 2.24) is 15.0 Å². The van der Waals surface area contributed by atoms with Crippen molar-refractivity contribution >= 4 is 22.6 Å². The molecule has 0 atom stereocenters. The molecule has 2 aromatic heterocycles. The van der Waals surface area contributed by atoms with Crippen molar-refractivity contribution in [3.05, 3.63) is 23.2 Å². The van der Waals surface area contributed by atoms with Crippen LogP contribution in [0.15, 0.2) is 12.5 Å². The van der Waals surface area contributed by atoms with Gasteiger partial charge in [0.15, 0.2) is 0 Å². The van der Waals surface area contributed by atoms with Crippen LogP contribution in [0.3, 0.4) is 0 Å². The lowest BCUT2D eigenvalue weighted by Crippen LogP contribution is -1.98. The predicted molar refractivity (Wildman–Crippen MR) is 78.6 cm³/mol. The molecule has 0 unspecified atom stereocenters. The fraction of sp³-hybridized carbons (Fsp3) is 0.600. The first-order chi connectivity index (χ1) is 9.36. The van der Waals surface area contributed by atoms with E-state index in [0.29, 0.717) is 11.1 Å². The van der Waals surface area contributed by atoms with Crippen molar-refractivity contribution in [2.75, 3.05) is 0 Å². The monoisotopic (exact) mass is 277 g/mol. The van der Waals surface area contributed by atoms with E-state index in [1.54, 1.807) is 0 Å². The average Bonchev–Trinajstić information content (AvgIpc) is 2.87. The zero-order valence-corrected chi connectivity index (χ0v) is 11.9. The molecule has 0 spiro atoms. The summed E-state index contributed by atoms with van der Waals surface area (Å²) in [4.78, 5) is 11.6. The molecule has 0 aliphatic heterocycles. The summed E-state index contributed by atoms with van der Waals surface area (Å²) in [5.74, 6) is 0.607. The van der Waals surface area contributed by atoms with Crippen molar-refractivity contribution in [2.45, 2.75) is 57.3 Å². The second-order valence-electron chi connectivity index (χ2n) is 5.53. The van der Waals surface area contributed by atoms with Gasteiger partial charge in [-0.15, -0.1) is 0 Å². The summed E-state index contributed by atoms with van der Waals surface area (Å²) in [5, 5.41) is 1.62. The van der Waals surface area contributed by atoms with Crippen LogP contribution in [-0.4, -0.2) is 15.0 Å². The molecular weight excluding hydrogens is 258 g/mol. The third-order valence-corrected chi connectivity index (χ3v) is 4.54. The molecule has 1 N–H and O–H groups in total. The zero-order chi connectivity index (χ0) is 13.1. The summed E-state index contributed by atoms with van der Waals surface area (Å²) in [5.41, 5.74) is 2.19. The minimum absolute atomic E-state index is 0.584. The van der Waals surface area contributed by atoms with E-state index in [9.17, 15) is 0 Å². The smallest absolute Gasteiger partial charge is 0.142 e. The van der Waals surface area contributed by atoms with Gasteiger partial charge in [0.05, 0.1) is 5.39 Å². The lowest BCUT2D eigenvalue weighted by Gasteiger charge is -2.15. The zero-order valence-electron chi connectivity index (χ0n) is 11.2. The third kappa shape index (κ3) is 2.76. The van der Waals surface area contributed by atoms with Crippen LogP contribution in [0.4, 0.5) is 0 Å². The summed E-state index contributed by atoms with van der Waals surface area (Å²) in [6, 6.07) is 0. The van der Waals surface area contributed by atoms with Gasteiger partial charge in [-0.1, -0.05) is 50.1 Å². The van der Waals surface area contributed by atoms with E-state index >= 15 is 0 Å². The van der Waals surface area contributed by atoms with Gasteiger partial charge in [0.25, 0.3) is 0 Å². The molecule has 0 bridgehead atoms. The molecule has 2 aromatic rings. The Hall–Kier alpha value is -1.09. The fourth-order valence-electron chi connectivity index (χ4n) is 3.21. The van der Waals surface area contributed by atoms with Gasteiger partial charge in [0.1, 0.15) is 17.1 Å². The van der Waals surface area contributed by atoms with Crippen molar-refractivity contribution < 1.29 is 0 Å². The number of aromatic nitrogens is 3. The largest absolute Gasteiger partial charge is 0.346 e. The molecule has 1 saturated carbocycles. The van der Waals surface area contributed by atoms with Crippen molar-refractivity contribution in [2.24, 2.45) is 0 Å². The van der Waals surface area contributed by atoms with E-state index in [-0.39, 0.29) is 0 Å². The first kappa shape index (κ1) is 12.9. The second-order valence-corrected chi connectivity index (χ2v) is 5.89. The normalized spacial score (nSPS) is 19.0. The molecule has 3 nitrogen and oxygen atoms in total. The molecule has 19 heavy (non-hydrogen) atoms. The Morgan fingerprint density at radius 2 is 1.68 bits per heavy atom. The Morgan fingerprint density at radius 3 is 2.42 bits per heavy atom. The average molecular weight is 278 g/mol. The van der Waals surface area contributed by atoms with Gasteiger partial charge < -0.3 is 4.98 Å². The maximum absolute atomic E-state index is 6.26. The van der Waals surface area contributed by atoms with Gasteiger partial charge in [-0.25, -0.2) is 9.97 Å². The molecule has 0 saturated heterocycles. The Labute approximate surface area is 118 Å². The highest BCUT2D eigenvalue weighted by Crippen LogP contribution is 2.36. The van der Waals surface area contributed by atoms with Crippen LogP contribution >= 0.6 is 11.6 Å². The van der Waals surface area contributed by atoms with Gasteiger partial charge in [-0.3, -0.25) is 0 Å². The molecule has 0 radical (unpaired) electrons. The molecule has 4 heteroatoms. The number of nitrogens with one attached hydrogen (secondary N) is 1. The number of hydrogen-bond donors (Lipinski definition) is 1. The molecule has 1 aliphatic rings. The van der Waals surface area contributed by atoms with Crippen molar-refractivity contribution in [3.63, 3.8) is 0 Å². The summed E-state index contributed by atoms with van der Waals surface area (Å²) >= 11 is 6.26. The van der Waals surface area contributed by atoms with E-state index < -0.39 is 0 Å². The first-order valence-corrected chi connectivity index (χ1v) is 7.71. The van der Waals surface area contributed by atoms with Crippen molar-refractivity contribution in [1.29, 1.82) is 0 Å². The molecule has 0 amide bonds. The predicted octanol–water partition coefficient (Wildman–Crippen LogP) is 4.83. The van der Waals surface area contributed by atoms with Crippen LogP contribution in [0.5, 0.6) is 0 Å². The number of aromatic amines is 1. The van der Waals surface area contributed by atoms with Gasteiger partial charge in [-0.2, -0.15) is 0 Å². The topological polar surface area (TPSA) is 41.6 Å². The van der Waals surface area contributed by atoms with Crippen molar-refractivity contribution in [3.8, 4) is 0 Å². The summed E-state index contributed by atoms with van der Waals surface area (Å²) in [6.07, 6.45) is 14.3. The molecule has 102 valence electrons. The van der Waals surface area contributed by atoms with E-state index in [4.69, 9.17) is 11.6 Å². The Balaban J connectivity index is 1.92. The number of halogens is 1. The van der Waals surface area contributed by atoms with Crippen LogP contribution in [-0.2, 0) is 0 Å². The summed E-state index contributed by atoms with van der Waals surface area (Å²) in [6.45, 7) is 0. The van der Waals surface area contributed by atoms with Gasteiger partial charge in [-0.05, 0) is 24.3 Å². The van der Waals surface area contributed by atoms with Crippen LogP contribution in [0, 0.1) is 0 Å². The third-order valence-electron chi connectivity index (χ3n) is 4.25. The molecule has 0 aromatic carbocycles. The van der Waals surface area contributed by atoms with Crippen LogP contribution < -0.4 is 0 Å². The Kier molecular flexibility index (Phi) is 4.02. The number of rotatable bonds is 1. The van der Waals surface area contributed by atoms with E-state index in [1.165, 1.54) is 63.3 Å². The Morgan fingerprint density at radius 1 is 1.00 bits per heavy atom. The molecule has 1 fully saturated rings. The maximum Gasteiger partial charge on any atom is 0.142 e. The van der Waals surface area contributed by atoms with Crippen LogP contribution in [0.1, 0.15) is 62.8 Å². The van der Waals surface area contributed by atoms with Gasteiger partial charge >= 0.3 is 0 Å². The highest BCUT2D eigenvalue weighted by Gasteiger charge is 2.19. The highest BCUT2D eigenvalue weighted by molar-refractivity contribution is 6.34. The number of hydrogen-bond acceptors (Lipinski definition) is 2. The highest BCUT2D eigenvalue weighted by atomic mass is 35.5. The fourth-order valence-corrected chi connectivity index (χ4v) is 3.46. The minimum atomic E-state index is 0.584. The number of fused-ring (bicyclic) bond motifs is 1. The number of nitrogens with zero attached hydrogens (tertiary/aromatic N) is 2. The molecule has 1 aliphatic carbocycles.